The molecule has 4 nitrogen and oxygen atoms in total. The van der Waals surface area contributed by atoms with E-state index in [0.29, 0.717) is 17.2 Å². The highest BCUT2D eigenvalue weighted by Gasteiger charge is 2.13. The summed E-state index contributed by atoms with van der Waals surface area (Å²) in [5.74, 6) is -0.325. The first-order valence-electron chi connectivity index (χ1n) is 5.35. The van der Waals surface area contributed by atoms with Gasteiger partial charge < -0.3 is 5.11 Å². The van der Waals surface area contributed by atoms with Crippen LogP contribution in [0.25, 0.3) is 0 Å². The van der Waals surface area contributed by atoms with Crippen LogP contribution in [-0.2, 0) is 6.54 Å². The normalized spacial score (nSPS) is 10.9. The molecule has 0 aliphatic carbocycles. The number of carboxylic acid groups (broad SMARTS) is 1. The van der Waals surface area contributed by atoms with E-state index in [2.05, 4.69) is 18.9 Å². The van der Waals surface area contributed by atoms with Crippen molar-refractivity contribution in [2.24, 2.45) is 5.92 Å². The van der Waals surface area contributed by atoms with E-state index in [1.54, 1.807) is 17.8 Å². The van der Waals surface area contributed by atoms with Gasteiger partial charge in [-0.25, -0.2) is 4.79 Å². The molecule has 1 N–H and O–H groups in total. The molecule has 0 atom stereocenters. The van der Waals surface area contributed by atoms with Crippen LogP contribution in [0.5, 0.6) is 0 Å². The molecular formula is C11H18N2O2. The molecule has 84 valence electrons. The molecule has 0 saturated carbocycles. The van der Waals surface area contributed by atoms with Gasteiger partial charge in [-0.05, 0) is 12.8 Å². The highest BCUT2D eigenvalue weighted by Crippen LogP contribution is 2.12. The Balaban J connectivity index is 2.79. The second kappa shape index (κ2) is 4.96. The second-order valence-electron chi connectivity index (χ2n) is 3.84. The first-order valence-corrected chi connectivity index (χ1v) is 5.35. The van der Waals surface area contributed by atoms with Crippen molar-refractivity contribution in [3.8, 4) is 0 Å². The van der Waals surface area contributed by atoms with E-state index in [9.17, 15) is 4.79 Å². The Labute approximate surface area is 89.9 Å². The van der Waals surface area contributed by atoms with Crippen LogP contribution in [0.15, 0.2) is 6.20 Å². The number of rotatable bonds is 5. The van der Waals surface area contributed by atoms with Crippen LogP contribution in [-0.4, -0.2) is 20.9 Å². The Bertz CT molecular complexity index is 340. The first kappa shape index (κ1) is 11.8. The monoisotopic (exact) mass is 210 g/mol. The molecular weight excluding hydrogens is 192 g/mol. The molecule has 0 radical (unpaired) electrons. The highest BCUT2D eigenvalue weighted by atomic mass is 16.4. The molecule has 0 aromatic carbocycles. The Morgan fingerprint density at radius 2 is 2.13 bits per heavy atom. The SMILES string of the molecule is CCC(CC)Cn1cc(C(=O)O)c(C)n1. The summed E-state index contributed by atoms with van der Waals surface area (Å²) in [6.07, 6.45) is 3.81. The lowest BCUT2D eigenvalue weighted by atomic mass is 10.0. The van der Waals surface area contributed by atoms with Gasteiger partial charge >= 0.3 is 5.97 Å². The van der Waals surface area contributed by atoms with Crippen LogP contribution < -0.4 is 0 Å². The number of aromatic nitrogens is 2. The fourth-order valence-corrected chi connectivity index (χ4v) is 1.63. The topological polar surface area (TPSA) is 55.1 Å². The number of carboxylic acids is 1. The predicted octanol–water partition coefficient (Wildman–Crippen LogP) is 2.33. The minimum Gasteiger partial charge on any atom is -0.478 e. The van der Waals surface area contributed by atoms with Gasteiger partial charge in [0.2, 0.25) is 0 Å². The molecule has 0 amide bonds. The number of nitrogens with zero attached hydrogens (tertiary/aromatic N) is 2. The van der Waals surface area contributed by atoms with E-state index in [-0.39, 0.29) is 0 Å². The number of aryl methyl sites for hydroxylation is 1. The molecule has 15 heavy (non-hydrogen) atoms. The molecule has 1 rings (SSSR count). The van der Waals surface area contributed by atoms with Gasteiger partial charge in [0.1, 0.15) is 5.56 Å². The van der Waals surface area contributed by atoms with Crippen molar-refractivity contribution >= 4 is 5.97 Å². The van der Waals surface area contributed by atoms with Crippen molar-refractivity contribution in [3.05, 3.63) is 17.5 Å². The van der Waals surface area contributed by atoms with Gasteiger partial charge in [-0.15, -0.1) is 0 Å². The molecule has 0 unspecified atom stereocenters. The van der Waals surface area contributed by atoms with E-state index in [1.807, 2.05) is 0 Å². The van der Waals surface area contributed by atoms with E-state index in [0.717, 1.165) is 19.4 Å². The zero-order valence-electron chi connectivity index (χ0n) is 9.53. The summed E-state index contributed by atoms with van der Waals surface area (Å²) in [4.78, 5) is 10.8. The Hall–Kier alpha value is -1.32. The highest BCUT2D eigenvalue weighted by molar-refractivity contribution is 5.88. The zero-order valence-corrected chi connectivity index (χ0v) is 9.53. The summed E-state index contributed by atoms with van der Waals surface area (Å²) in [6.45, 7) is 6.82. The van der Waals surface area contributed by atoms with Crippen LogP contribution in [0, 0.1) is 12.8 Å². The fourth-order valence-electron chi connectivity index (χ4n) is 1.63. The van der Waals surface area contributed by atoms with Crippen molar-refractivity contribution in [2.75, 3.05) is 0 Å². The number of carbonyl (C=O) groups is 1. The summed E-state index contributed by atoms with van der Waals surface area (Å²) in [5, 5.41) is 13.1. The third-order valence-corrected chi connectivity index (χ3v) is 2.78. The van der Waals surface area contributed by atoms with Gasteiger partial charge in [0, 0.05) is 12.7 Å². The van der Waals surface area contributed by atoms with Gasteiger partial charge in [-0.3, -0.25) is 4.68 Å². The second-order valence-corrected chi connectivity index (χ2v) is 3.84. The zero-order chi connectivity index (χ0) is 11.4. The largest absolute Gasteiger partial charge is 0.478 e. The Morgan fingerprint density at radius 3 is 2.53 bits per heavy atom. The van der Waals surface area contributed by atoms with Crippen molar-refractivity contribution in [2.45, 2.75) is 40.2 Å². The maximum Gasteiger partial charge on any atom is 0.339 e. The summed E-state index contributed by atoms with van der Waals surface area (Å²) in [5.41, 5.74) is 0.898. The van der Waals surface area contributed by atoms with E-state index in [4.69, 9.17) is 5.11 Å². The molecule has 0 aliphatic rings. The number of aromatic carboxylic acids is 1. The van der Waals surface area contributed by atoms with Crippen molar-refractivity contribution < 1.29 is 9.90 Å². The van der Waals surface area contributed by atoms with Crippen LogP contribution in [0.2, 0.25) is 0 Å². The van der Waals surface area contributed by atoms with Crippen LogP contribution in [0.1, 0.15) is 42.7 Å². The summed E-state index contributed by atoms with van der Waals surface area (Å²) >= 11 is 0. The molecule has 0 bridgehead atoms. The van der Waals surface area contributed by atoms with Crippen molar-refractivity contribution in [1.82, 2.24) is 9.78 Å². The molecule has 0 spiro atoms. The smallest absolute Gasteiger partial charge is 0.339 e. The third-order valence-electron chi connectivity index (χ3n) is 2.78. The molecule has 1 aromatic heterocycles. The minimum absolute atomic E-state index is 0.306. The first-order chi connectivity index (χ1) is 7.08. The van der Waals surface area contributed by atoms with Gasteiger partial charge in [0.15, 0.2) is 0 Å². The number of hydrogen-bond donors (Lipinski definition) is 1. The Morgan fingerprint density at radius 1 is 1.53 bits per heavy atom. The fraction of sp³-hybridized carbons (Fsp3) is 0.636. The van der Waals surface area contributed by atoms with Crippen LogP contribution >= 0.6 is 0 Å². The molecule has 0 fully saturated rings. The van der Waals surface area contributed by atoms with Crippen LogP contribution in [0.4, 0.5) is 0 Å². The van der Waals surface area contributed by atoms with E-state index >= 15 is 0 Å². The Kier molecular flexibility index (Phi) is 3.88. The predicted molar refractivity (Wildman–Crippen MR) is 58.0 cm³/mol. The van der Waals surface area contributed by atoms with Gasteiger partial charge in [-0.2, -0.15) is 5.10 Å². The molecule has 1 aromatic rings. The van der Waals surface area contributed by atoms with Gasteiger partial charge in [0.25, 0.3) is 0 Å². The lowest BCUT2D eigenvalue weighted by molar-refractivity contribution is 0.0696. The lowest BCUT2D eigenvalue weighted by Gasteiger charge is -2.11. The summed E-state index contributed by atoms with van der Waals surface area (Å²) < 4.78 is 1.75. The maximum absolute atomic E-state index is 10.8. The molecule has 4 heteroatoms. The molecule has 0 aliphatic heterocycles. The minimum atomic E-state index is -0.900. The summed E-state index contributed by atoms with van der Waals surface area (Å²) in [6, 6.07) is 0. The average Bonchev–Trinajstić information content (AvgIpc) is 2.56. The number of hydrogen-bond acceptors (Lipinski definition) is 2. The van der Waals surface area contributed by atoms with Gasteiger partial charge in [-0.1, -0.05) is 26.7 Å². The summed E-state index contributed by atoms with van der Waals surface area (Å²) in [7, 11) is 0. The van der Waals surface area contributed by atoms with Crippen molar-refractivity contribution in [3.63, 3.8) is 0 Å². The third kappa shape index (κ3) is 2.81. The maximum atomic E-state index is 10.8. The van der Waals surface area contributed by atoms with Crippen LogP contribution in [0.3, 0.4) is 0 Å². The quantitative estimate of drug-likeness (QED) is 0.811. The lowest BCUT2D eigenvalue weighted by Crippen LogP contribution is -2.09. The van der Waals surface area contributed by atoms with Gasteiger partial charge in [0.05, 0.1) is 5.69 Å². The van der Waals surface area contributed by atoms with Crippen molar-refractivity contribution in [1.29, 1.82) is 0 Å². The molecule has 0 saturated heterocycles. The average molecular weight is 210 g/mol. The standard InChI is InChI=1S/C11H18N2O2/c1-4-9(5-2)6-13-7-10(11(14)15)8(3)12-13/h7,9H,4-6H2,1-3H3,(H,14,15). The van der Waals surface area contributed by atoms with E-state index in [1.165, 1.54) is 0 Å². The molecule has 1 heterocycles. The van der Waals surface area contributed by atoms with E-state index < -0.39 is 5.97 Å².